The number of thiazole rings is 2. The molecule has 2 aromatic heterocycles. The number of nitrogens with zero attached hydrogens (tertiary/aromatic N) is 5. The van der Waals surface area contributed by atoms with Crippen molar-refractivity contribution in [3.05, 3.63) is 48.8 Å². The molecule has 20 nitrogen and oxygen atoms in total. The predicted molar refractivity (Wildman–Crippen MR) is 282 cm³/mol. The average molecular weight is 1080 g/mol. The number of piperazine rings is 2. The molecule has 0 aliphatic carbocycles. The summed E-state index contributed by atoms with van der Waals surface area (Å²) >= 11 is 7.66. The molecule has 0 bridgehead atoms. The van der Waals surface area contributed by atoms with E-state index < -0.39 is 36.6 Å². The highest BCUT2D eigenvalue weighted by molar-refractivity contribution is 7.90. The standard InChI is InChI=1S/C23H33N5O5S2.C19H27N5O3S2.C4H7ClO2/c1-15(2)33-22(30)28-11-9-27(10-12-28)21-24-14-19(34-21)18-8-7-17(25-16(3)29)13-20(18)35(31,32)26-23(4,5)6;1-13(25)22-14-5-6-15(17(11-14)29(26,27)23-19(2,3)4)16-12-21-18(28-16)24-9-7-20-8-10-24;1-3(2)7-4(5)6/h7-8,13-15,26H,9-12H2,1-6H3,(H,25,29);5-6,11-12,20,23H,7-10H2,1-4H3,(H,22,25);3H,1-2H3. The van der Waals surface area contributed by atoms with Gasteiger partial charge in [-0.15, -0.1) is 0 Å². The molecule has 0 saturated carbocycles. The molecule has 6 rings (SSSR count). The number of ether oxygens (including phenoxy) is 2. The van der Waals surface area contributed by atoms with Crippen LogP contribution in [0.2, 0.25) is 0 Å². The number of amides is 3. The molecular formula is C46H67ClN10O10S4. The Morgan fingerprint density at radius 1 is 0.648 bits per heavy atom. The Labute approximate surface area is 430 Å². The third-order valence-corrected chi connectivity index (χ3v) is 15.3. The number of sulfonamides is 2. The van der Waals surface area contributed by atoms with Crippen molar-refractivity contribution in [2.45, 2.75) is 116 Å². The van der Waals surface area contributed by atoms with Crippen LogP contribution in [0.5, 0.6) is 0 Å². The number of carbonyl (C=O) groups excluding carboxylic acids is 4. The highest BCUT2D eigenvalue weighted by Gasteiger charge is 2.30. The summed E-state index contributed by atoms with van der Waals surface area (Å²) in [6, 6.07) is 9.73. The minimum Gasteiger partial charge on any atom is -0.451 e. The van der Waals surface area contributed by atoms with Gasteiger partial charge in [0.1, 0.15) is 0 Å². The minimum atomic E-state index is -3.89. The number of hydrogen-bond donors (Lipinski definition) is 5. The van der Waals surface area contributed by atoms with Crippen LogP contribution in [-0.2, 0) is 39.1 Å². The highest BCUT2D eigenvalue weighted by Crippen LogP contribution is 2.38. The zero-order valence-corrected chi connectivity index (χ0v) is 46.3. The van der Waals surface area contributed by atoms with Crippen LogP contribution < -0.4 is 35.2 Å². The van der Waals surface area contributed by atoms with Gasteiger partial charge < -0.3 is 40.1 Å². The Balaban J connectivity index is 0.000000275. The first-order valence-corrected chi connectivity index (χ1v) is 27.8. The monoisotopic (exact) mass is 1080 g/mol. The van der Waals surface area contributed by atoms with Gasteiger partial charge in [0.2, 0.25) is 31.9 Å². The molecule has 3 amide bonds. The lowest BCUT2D eigenvalue weighted by Gasteiger charge is -2.34. The highest BCUT2D eigenvalue weighted by atomic mass is 35.5. The summed E-state index contributed by atoms with van der Waals surface area (Å²) in [6.07, 6.45) is 2.77. The Bertz CT molecular complexity index is 2700. The van der Waals surface area contributed by atoms with Crippen molar-refractivity contribution in [3.8, 4) is 20.9 Å². The maximum absolute atomic E-state index is 13.3. The SMILES string of the molecule is CC(=O)Nc1ccc(-c2cnc(N3CCN(C(=O)OC(C)C)CC3)s2)c(S(=O)(=O)NC(C)(C)C)c1.CC(=O)Nc1ccc(-c2cnc(N3CCNCC3)s2)c(S(=O)(=O)NC(C)(C)C)c1.CC(C)OC(=O)Cl. The lowest BCUT2D eigenvalue weighted by atomic mass is 10.1. The van der Waals surface area contributed by atoms with Gasteiger partial charge in [-0.05, 0) is 93.5 Å². The summed E-state index contributed by atoms with van der Waals surface area (Å²) in [6.45, 7) is 26.3. The van der Waals surface area contributed by atoms with E-state index in [2.05, 4.69) is 49.9 Å². The van der Waals surface area contributed by atoms with Crippen molar-refractivity contribution in [3.63, 3.8) is 0 Å². The number of benzene rings is 2. The Morgan fingerprint density at radius 3 is 1.38 bits per heavy atom. The van der Waals surface area contributed by atoms with Crippen LogP contribution in [0.3, 0.4) is 0 Å². The molecule has 0 unspecified atom stereocenters. The molecule has 0 spiro atoms. The van der Waals surface area contributed by atoms with Crippen LogP contribution in [0, 0.1) is 0 Å². The fraction of sp³-hybridized carbons (Fsp3) is 0.522. The zero-order valence-electron chi connectivity index (χ0n) is 42.3. The van der Waals surface area contributed by atoms with Crippen LogP contribution in [0.25, 0.3) is 20.9 Å². The second kappa shape index (κ2) is 25.1. The van der Waals surface area contributed by atoms with Crippen molar-refractivity contribution < 1.29 is 45.5 Å². The number of nitrogens with one attached hydrogen (secondary N) is 5. The second-order valence-electron chi connectivity index (χ2n) is 19.1. The molecule has 392 valence electrons. The van der Waals surface area contributed by atoms with Crippen LogP contribution in [-0.4, -0.2) is 131 Å². The van der Waals surface area contributed by atoms with E-state index in [0.717, 1.165) is 41.3 Å². The molecular weight excluding hydrogens is 1020 g/mol. The van der Waals surface area contributed by atoms with Crippen LogP contribution in [0.1, 0.15) is 83.1 Å². The molecule has 2 aromatic carbocycles. The van der Waals surface area contributed by atoms with Crippen molar-refractivity contribution in [2.24, 2.45) is 0 Å². The summed E-state index contributed by atoms with van der Waals surface area (Å²) in [4.78, 5) is 61.5. The number of carbonyl (C=O) groups is 4. The summed E-state index contributed by atoms with van der Waals surface area (Å²) in [7, 11) is -7.71. The summed E-state index contributed by atoms with van der Waals surface area (Å²) in [5.74, 6) is -0.551. The third kappa shape index (κ3) is 18.9. The minimum absolute atomic E-state index is 0.0649. The molecule has 4 heterocycles. The molecule has 2 saturated heterocycles. The Hall–Kier alpha value is -4.95. The van der Waals surface area contributed by atoms with Crippen LogP contribution in [0.4, 0.5) is 31.2 Å². The molecule has 25 heteroatoms. The fourth-order valence-electron chi connectivity index (χ4n) is 6.84. The summed E-state index contributed by atoms with van der Waals surface area (Å²) in [5, 5.41) is 10.2. The van der Waals surface area contributed by atoms with E-state index in [1.54, 1.807) is 96.9 Å². The van der Waals surface area contributed by atoms with Gasteiger partial charge >= 0.3 is 11.5 Å². The molecule has 4 aromatic rings. The maximum atomic E-state index is 13.3. The fourth-order valence-corrected chi connectivity index (χ4v) is 12.5. The first-order chi connectivity index (χ1) is 32.9. The van der Waals surface area contributed by atoms with Crippen molar-refractivity contribution in [2.75, 3.05) is 72.8 Å². The number of halogens is 1. The van der Waals surface area contributed by atoms with Gasteiger partial charge in [-0.2, -0.15) is 0 Å². The molecule has 2 fully saturated rings. The molecule has 0 radical (unpaired) electrons. The maximum Gasteiger partial charge on any atom is 0.410 e. The molecule has 2 aliphatic heterocycles. The largest absolute Gasteiger partial charge is 0.451 e. The normalized spacial score (nSPS) is 14.5. The van der Waals surface area contributed by atoms with Gasteiger partial charge in [0.15, 0.2) is 10.3 Å². The van der Waals surface area contributed by atoms with E-state index in [4.69, 9.17) is 16.3 Å². The lowest BCUT2D eigenvalue weighted by Crippen LogP contribution is -2.49. The Kier molecular flexibility index (Phi) is 20.7. The first kappa shape index (κ1) is 58.6. The summed E-state index contributed by atoms with van der Waals surface area (Å²) in [5.41, 5.74) is -0.176. The number of rotatable bonds is 12. The smallest absolute Gasteiger partial charge is 0.410 e. The molecule has 0 atom stereocenters. The predicted octanol–water partition coefficient (Wildman–Crippen LogP) is 7.54. The van der Waals surface area contributed by atoms with Crippen molar-refractivity contribution in [1.29, 1.82) is 0 Å². The Morgan fingerprint density at radius 2 is 1.04 bits per heavy atom. The van der Waals surface area contributed by atoms with Crippen LogP contribution >= 0.6 is 34.3 Å². The average Bonchev–Trinajstić information content (AvgIpc) is 3.93. The molecule has 2 aliphatic rings. The van der Waals surface area contributed by atoms with Gasteiger partial charge in [0, 0.05) is 124 Å². The van der Waals surface area contributed by atoms with E-state index in [-0.39, 0.29) is 39.9 Å². The number of anilines is 4. The van der Waals surface area contributed by atoms with Crippen molar-refractivity contribution >= 4 is 99.3 Å². The van der Waals surface area contributed by atoms with Crippen molar-refractivity contribution in [1.82, 2.24) is 29.6 Å². The van der Waals surface area contributed by atoms with Gasteiger partial charge in [-0.3, -0.25) is 9.59 Å². The third-order valence-electron chi connectivity index (χ3n) is 9.44. The van der Waals surface area contributed by atoms with Gasteiger partial charge in [-0.1, -0.05) is 34.8 Å². The quantitative estimate of drug-likeness (QED) is 0.0860. The lowest BCUT2D eigenvalue weighted by molar-refractivity contribution is -0.115. The van der Waals surface area contributed by atoms with Gasteiger partial charge in [0.05, 0.1) is 31.8 Å². The molecule has 71 heavy (non-hydrogen) atoms. The van der Waals surface area contributed by atoms with Gasteiger partial charge in [0.25, 0.3) is 0 Å². The van der Waals surface area contributed by atoms with E-state index >= 15 is 0 Å². The van der Waals surface area contributed by atoms with E-state index in [9.17, 15) is 36.0 Å². The first-order valence-electron chi connectivity index (χ1n) is 22.8. The molecule has 5 N–H and O–H groups in total. The number of aromatic nitrogens is 2. The van der Waals surface area contributed by atoms with Gasteiger partial charge in [-0.25, -0.2) is 45.8 Å². The van der Waals surface area contributed by atoms with E-state index in [0.29, 0.717) is 53.6 Å². The topological polar surface area (TPSA) is 251 Å². The van der Waals surface area contributed by atoms with E-state index in [1.807, 2.05) is 13.8 Å². The number of hydrogen-bond acceptors (Lipinski definition) is 17. The van der Waals surface area contributed by atoms with Crippen LogP contribution in [0.15, 0.2) is 58.6 Å². The zero-order chi connectivity index (χ0) is 53.1. The summed E-state index contributed by atoms with van der Waals surface area (Å²) < 4.78 is 67.8. The van der Waals surface area contributed by atoms with E-state index in [1.165, 1.54) is 48.7 Å². The second-order valence-corrected chi connectivity index (χ2v) is 24.7.